The van der Waals surface area contributed by atoms with Gasteiger partial charge in [0.15, 0.2) is 0 Å². The summed E-state index contributed by atoms with van der Waals surface area (Å²) in [5.41, 5.74) is 5.36. The zero-order valence-electron chi connectivity index (χ0n) is 11.2. The molecule has 110 valence electrons. The summed E-state index contributed by atoms with van der Waals surface area (Å²) in [6.07, 6.45) is 5.71. The number of aliphatic carboxylic acids is 1. The van der Waals surface area contributed by atoms with Gasteiger partial charge in [0.25, 0.3) is 0 Å². The maximum atomic E-state index is 13.4. The molecule has 0 amide bonds. The van der Waals surface area contributed by atoms with Crippen LogP contribution in [0.4, 0.5) is 14.5 Å². The van der Waals surface area contributed by atoms with Gasteiger partial charge in [-0.05, 0) is 30.4 Å². The highest BCUT2D eigenvalue weighted by molar-refractivity contribution is 5.78. The predicted octanol–water partition coefficient (Wildman–Crippen LogP) is 3.69. The van der Waals surface area contributed by atoms with Crippen LogP contribution in [0, 0.1) is 17.6 Å². The smallest absolute Gasteiger partial charge is 0.311 e. The highest BCUT2D eigenvalue weighted by atomic mass is 19.1. The molecule has 1 fully saturated rings. The number of carboxylic acids is 1. The van der Waals surface area contributed by atoms with Gasteiger partial charge in [-0.2, -0.15) is 0 Å². The van der Waals surface area contributed by atoms with Gasteiger partial charge in [-0.15, -0.1) is 0 Å². The molecule has 1 unspecified atom stereocenters. The quantitative estimate of drug-likeness (QED) is 0.810. The number of anilines is 1. The van der Waals surface area contributed by atoms with Crippen LogP contribution in [-0.4, -0.2) is 11.1 Å². The molecule has 1 aromatic rings. The van der Waals surface area contributed by atoms with E-state index >= 15 is 0 Å². The summed E-state index contributed by atoms with van der Waals surface area (Å²) in [5.74, 6) is -3.19. The third-order valence-electron chi connectivity index (χ3n) is 4.14. The number of hydrogen-bond acceptors (Lipinski definition) is 2. The molecule has 2 rings (SSSR count). The van der Waals surface area contributed by atoms with Gasteiger partial charge in [0.2, 0.25) is 0 Å². The normalized spacial score (nSPS) is 17.3. The lowest BCUT2D eigenvalue weighted by Crippen LogP contribution is -2.16. The third-order valence-corrected chi connectivity index (χ3v) is 4.14. The van der Waals surface area contributed by atoms with Gasteiger partial charge in [-0.1, -0.05) is 25.7 Å². The van der Waals surface area contributed by atoms with Crippen LogP contribution >= 0.6 is 0 Å². The maximum absolute atomic E-state index is 13.4. The Balaban J connectivity index is 2.17. The number of hydrogen-bond donors (Lipinski definition) is 2. The molecule has 1 aromatic carbocycles. The molecule has 0 spiro atoms. The van der Waals surface area contributed by atoms with Crippen molar-refractivity contribution in [3.8, 4) is 0 Å². The molecule has 5 heteroatoms. The number of nitrogens with two attached hydrogens (primary N) is 1. The van der Waals surface area contributed by atoms with Gasteiger partial charge in [0, 0.05) is 6.07 Å². The Hall–Kier alpha value is -1.65. The summed E-state index contributed by atoms with van der Waals surface area (Å²) in [4.78, 5) is 11.4. The molecule has 0 aromatic heterocycles. The molecule has 3 nitrogen and oxygen atoms in total. The van der Waals surface area contributed by atoms with E-state index in [0.29, 0.717) is 18.4 Å². The summed E-state index contributed by atoms with van der Waals surface area (Å²) in [6, 6.07) is 1.71. The Morgan fingerprint density at radius 3 is 2.60 bits per heavy atom. The van der Waals surface area contributed by atoms with Crippen LogP contribution < -0.4 is 5.73 Å². The second-order valence-corrected chi connectivity index (χ2v) is 5.51. The second-order valence-electron chi connectivity index (χ2n) is 5.51. The van der Waals surface area contributed by atoms with E-state index in [1.165, 1.54) is 12.8 Å². The monoisotopic (exact) mass is 283 g/mol. The predicted molar refractivity (Wildman–Crippen MR) is 72.3 cm³/mol. The lowest BCUT2D eigenvalue weighted by molar-refractivity contribution is -0.139. The zero-order valence-corrected chi connectivity index (χ0v) is 11.2. The van der Waals surface area contributed by atoms with Crippen molar-refractivity contribution in [3.63, 3.8) is 0 Å². The number of carboxylic acid groups (broad SMARTS) is 1. The van der Waals surface area contributed by atoms with Crippen molar-refractivity contribution in [1.82, 2.24) is 0 Å². The van der Waals surface area contributed by atoms with Crippen LogP contribution in [0.2, 0.25) is 0 Å². The van der Waals surface area contributed by atoms with Crippen LogP contribution in [0.25, 0.3) is 0 Å². The highest BCUT2D eigenvalue weighted by Gasteiger charge is 2.26. The first-order valence-electron chi connectivity index (χ1n) is 6.96. The van der Waals surface area contributed by atoms with Gasteiger partial charge in [-0.25, -0.2) is 8.78 Å². The molecule has 1 atom stereocenters. The highest BCUT2D eigenvalue weighted by Crippen LogP contribution is 2.34. The average molecular weight is 283 g/mol. The molecule has 1 aliphatic rings. The molecule has 1 aliphatic carbocycles. The molecule has 3 N–H and O–H groups in total. The minimum Gasteiger partial charge on any atom is -0.481 e. The molecular formula is C15H19F2NO2. The Morgan fingerprint density at radius 1 is 1.35 bits per heavy atom. The molecule has 0 radical (unpaired) electrons. The maximum Gasteiger partial charge on any atom is 0.311 e. The van der Waals surface area contributed by atoms with Gasteiger partial charge >= 0.3 is 5.97 Å². The van der Waals surface area contributed by atoms with Crippen LogP contribution in [0.15, 0.2) is 12.1 Å². The summed E-state index contributed by atoms with van der Waals surface area (Å²) in [5, 5.41) is 9.31. The summed E-state index contributed by atoms with van der Waals surface area (Å²) in [6.45, 7) is 0. The van der Waals surface area contributed by atoms with Crippen LogP contribution in [0.5, 0.6) is 0 Å². The zero-order chi connectivity index (χ0) is 14.7. The van der Waals surface area contributed by atoms with Crippen molar-refractivity contribution >= 4 is 11.7 Å². The van der Waals surface area contributed by atoms with Crippen molar-refractivity contribution in [2.75, 3.05) is 5.73 Å². The number of benzene rings is 1. The van der Waals surface area contributed by atoms with Crippen molar-refractivity contribution in [1.29, 1.82) is 0 Å². The molecular weight excluding hydrogens is 264 g/mol. The number of carbonyl (C=O) groups is 1. The fraction of sp³-hybridized carbons (Fsp3) is 0.533. The second kappa shape index (κ2) is 6.20. The standard InChI is InChI=1S/C15H19F2NO2/c16-10-7-12(14(18)13(17)8-10)11(15(19)20)6-5-9-3-1-2-4-9/h7-9,11H,1-6,18H2,(H,19,20). The fourth-order valence-corrected chi connectivity index (χ4v) is 3.01. The van der Waals surface area contributed by atoms with Crippen molar-refractivity contribution < 1.29 is 18.7 Å². The van der Waals surface area contributed by atoms with Crippen molar-refractivity contribution in [2.45, 2.75) is 44.4 Å². The minimum absolute atomic E-state index is 0.0491. The van der Waals surface area contributed by atoms with Crippen molar-refractivity contribution in [3.05, 3.63) is 29.3 Å². The summed E-state index contributed by atoms with van der Waals surface area (Å²) < 4.78 is 26.7. The van der Waals surface area contributed by atoms with Crippen LogP contribution in [-0.2, 0) is 4.79 Å². The van der Waals surface area contributed by atoms with Crippen LogP contribution in [0.3, 0.4) is 0 Å². The molecule has 20 heavy (non-hydrogen) atoms. The lowest BCUT2D eigenvalue weighted by atomic mass is 9.88. The topological polar surface area (TPSA) is 63.3 Å². The average Bonchev–Trinajstić information content (AvgIpc) is 2.88. The molecule has 1 saturated carbocycles. The first kappa shape index (κ1) is 14.8. The van der Waals surface area contributed by atoms with Gasteiger partial charge in [0.05, 0.1) is 11.6 Å². The van der Waals surface area contributed by atoms with Crippen molar-refractivity contribution in [2.24, 2.45) is 5.92 Å². The number of rotatable bonds is 5. The van der Waals surface area contributed by atoms with E-state index in [1.54, 1.807) is 0 Å². The lowest BCUT2D eigenvalue weighted by Gasteiger charge is -2.17. The molecule has 0 saturated heterocycles. The SMILES string of the molecule is Nc1c(F)cc(F)cc1C(CCC1CCCC1)C(=O)O. The summed E-state index contributed by atoms with van der Waals surface area (Å²) in [7, 11) is 0. The Morgan fingerprint density at radius 2 is 2.00 bits per heavy atom. The van der Waals surface area contributed by atoms with Gasteiger partial charge in [-0.3, -0.25) is 4.79 Å². The third kappa shape index (κ3) is 3.26. The largest absolute Gasteiger partial charge is 0.481 e. The van der Waals surface area contributed by atoms with E-state index < -0.39 is 23.5 Å². The van der Waals surface area contributed by atoms with Gasteiger partial charge < -0.3 is 10.8 Å². The van der Waals surface area contributed by atoms with E-state index in [4.69, 9.17) is 5.73 Å². The molecule has 0 heterocycles. The first-order chi connectivity index (χ1) is 9.49. The Bertz CT molecular complexity index is 499. The van der Waals surface area contributed by atoms with E-state index in [1.807, 2.05) is 0 Å². The van der Waals surface area contributed by atoms with Gasteiger partial charge in [0.1, 0.15) is 11.6 Å². The first-order valence-corrected chi connectivity index (χ1v) is 6.96. The van der Waals surface area contributed by atoms with Crippen LogP contribution in [0.1, 0.15) is 50.0 Å². The molecule has 0 bridgehead atoms. The molecule has 0 aliphatic heterocycles. The summed E-state index contributed by atoms with van der Waals surface area (Å²) >= 11 is 0. The van der Waals surface area contributed by atoms with E-state index in [0.717, 1.165) is 25.3 Å². The Kier molecular flexibility index (Phi) is 4.57. The van der Waals surface area contributed by atoms with E-state index in [-0.39, 0.29) is 11.3 Å². The van der Waals surface area contributed by atoms with E-state index in [9.17, 15) is 18.7 Å². The Labute approximate surface area is 116 Å². The minimum atomic E-state index is -1.08. The fourth-order valence-electron chi connectivity index (χ4n) is 3.01. The number of nitrogen functional groups attached to an aromatic ring is 1. The number of halogens is 2. The van der Waals surface area contributed by atoms with E-state index in [2.05, 4.69) is 0 Å².